The second kappa shape index (κ2) is 6.47. The van der Waals surface area contributed by atoms with E-state index >= 15 is 0 Å². The van der Waals surface area contributed by atoms with Crippen molar-refractivity contribution in [2.24, 2.45) is 5.18 Å². The number of ether oxygens (including phenoxy) is 1. The van der Waals surface area contributed by atoms with Gasteiger partial charge in [-0.3, -0.25) is 0 Å². The maximum absolute atomic E-state index is 11.5. The molecule has 2 aromatic carbocycles. The minimum atomic E-state index is -0.383. The molecule has 0 aliphatic carbocycles. The van der Waals surface area contributed by atoms with Crippen LogP contribution < -0.4 is 5.73 Å². The number of carbonyl (C=O) groups is 1. The Labute approximate surface area is 122 Å². The van der Waals surface area contributed by atoms with Crippen molar-refractivity contribution in [1.82, 2.24) is 0 Å². The van der Waals surface area contributed by atoms with Gasteiger partial charge in [0.15, 0.2) is 0 Å². The molecular formula is C16H14N2O3. The van der Waals surface area contributed by atoms with Gasteiger partial charge in [-0.05, 0) is 40.6 Å². The summed E-state index contributed by atoms with van der Waals surface area (Å²) in [6, 6.07) is 11.9. The molecule has 0 amide bonds. The summed E-state index contributed by atoms with van der Waals surface area (Å²) in [4.78, 5) is 21.9. The first-order valence-electron chi connectivity index (χ1n) is 6.23. The van der Waals surface area contributed by atoms with Gasteiger partial charge in [0, 0.05) is 5.69 Å². The highest BCUT2D eigenvalue weighted by Crippen LogP contribution is 2.22. The van der Waals surface area contributed by atoms with Gasteiger partial charge in [0.05, 0.1) is 12.7 Å². The fourth-order valence-electron chi connectivity index (χ4n) is 1.84. The Morgan fingerprint density at radius 1 is 1.19 bits per heavy atom. The first kappa shape index (κ1) is 14.5. The third-order valence-electron chi connectivity index (χ3n) is 2.94. The third kappa shape index (κ3) is 3.54. The SMILES string of the molecule is COC(=O)c1cccc(/C=C/c2ccc(N=O)cc2N)c1. The fraction of sp³-hybridized carbons (Fsp3) is 0.0625. The number of benzene rings is 2. The molecule has 106 valence electrons. The molecule has 0 spiro atoms. The van der Waals surface area contributed by atoms with Crippen LogP contribution in [0, 0.1) is 4.91 Å². The number of nitroso groups, excluding NO2 is 1. The van der Waals surface area contributed by atoms with Gasteiger partial charge in [0.25, 0.3) is 0 Å². The van der Waals surface area contributed by atoms with Gasteiger partial charge in [-0.2, -0.15) is 0 Å². The van der Waals surface area contributed by atoms with Crippen molar-refractivity contribution in [3.8, 4) is 0 Å². The fourth-order valence-corrected chi connectivity index (χ4v) is 1.84. The average molecular weight is 282 g/mol. The molecule has 0 saturated heterocycles. The predicted octanol–water partition coefficient (Wildman–Crippen LogP) is 3.62. The summed E-state index contributed by atoms with van der Waals surface area (Å²) in [5.74, 6) is -0.383. The van der Waals surface area contributed by atoms with E-state index in [-0.39, 0.29) is 11.7 Å². The maximum Gasteiger partial charge on any atom is 0.337 e. The van der Waals surface area contributed by atoms with E-state index < -0.39 is 0 Å². The lowest BCUT2D eigenvalue weighted by Crippen LogP contribution is -2.00. The van der Waals surface area contributed by atoms with Crippen LogP contribution in [0.25, 0.3) is 12.2 Å². The van der Waals surface area contributed by atoms with Crippen LogP contribution in [0.1, 0.15) is 21.5 Å². The topological polar surface area (TPSA) is 81.8 Å². The molecule has 0 fully saturated rings. The van der Waals surface area contributed by atoms with Gasteiger partial charge >= 0.3 is 5.97 Å². The smallest absolute Gasteiger partial charge is 0.337 e. The van der Waals surface area contributed by atoms with Gasteiger partial charge in [0.2, 0.25) is 0 Å². The van der Waals surface area contributed by atoms with Crippen LogP contribution in [0.2, 0.25) is 0 Å². The highest BCUT2D eigenvalue weighted by atomic mass is 16.5. The lowest BCUT2D eigenvalue weighted by molar-refractivity contribution is 0.0600. The number of anilines is 1. The zero-order valence-electron chi connectivity index (χ0n) is 11.4. The number of esters is 1. The van der Waals surface area contributed by atoms with Crippen molar-refractivity contribution >= 4 is 29.5 Å². The number of nitrogens with zero attached hydrogens (tertiary/aromatic N) is 1. The molecule has 0 aliphatic heterocycles. The van der Waals surface area contributed by atoms with Crippen LogP contribution in [-0.2, 0) is 4.74 Å². The monoisotopic (exact) mass is 282 g/mol. The lowest BCUT2D eigenvalue weighted by Gasteiger charge is -2.02. The Bertz CT molecular complexity index is 708. The van der Waals surface area contributed by atoms with E-state index in [2.05, 4.69) is 9.91 Å². The molecule has 0 atom stereocenters. The molecule has 0 saturated carbocycles. The summed E-state index contributed by atoms with van der Waals surface area (Å²) in [5.41, 5.74) is 8.68. The van der Waals surface area contributed by atoms with Gasteiger partial charge < -0.3 is 10.5 Å². The van der Waals surface area contributed by atoms with Crippen molar-refractivity contribution in [3.05, 3.63) is 64.1 Å². The van der Waals surface area contributed by atoms with Crippen LogP contribution in [0.15, 0.2) is 47.6 Å². The zero-order chi connectivity index (χ0) is 15.2. The van der Waals surface area contributed by atoms with Gasteiger partial charge in [-0.25, -0.2) is 4.79 Å². The zero-order valence-corrected chi connectivity index (χ0v) is 11.4. The number of nitrogens with two attached hydrogens (primary N) is 1. The number of rotatable bonds is 4. The van der Waals surface area contributed by atoms with Gasteiger partial charge in [-0.15, -0.1) is 4.91 Å². The lowest BCUT2D eigenvalue weighted by atomic mass is 10.1. The van der Waals surface area contributed by atoms with E-state index in [1.165, 1.54) is 13.2 Å². The number of hydrogen-bond acceptors (Lipinski definition) is 5. The molecule has 2 N–H and O–H groups in total. The number of methoxy groups -OCH3 is 1. The Kier molecular flexibility index (Phi) is 4.46. The number of carbonyl (C=O) groups excluding carboxylic acids is 1. The summed E-state index contributed by atoms with van der Waals surface area (Å²) >= 11 is 0. The number of hydrogen-bond donors (Lipinski definition) is 1. The first-order valence-corrected chi connectivity index (χ1v) is 6.23. The molecule has 0 aliphatic rings. The largest absolute Gasteiger partial charge is 0.465 e. The minimum Gasteiger partial charge on any atom is -0.465 e. The highest BCUT2D eigenvalue weighted by molar-refractivity contribution is 5.90. The van der Waals surface area contributed by atoms with Crippen LogP contribution in [0.5, 0.6) is 0 Å². The summed E-state index contributed by atoms with van der Waals surface area (Å²) in [6.45, 7) is 0. The van der Waals surface area contributed by atoms with Crippen LogP contribution in [0.3, 0.4) is 0 Å². The van der Waals surface area contributed by atoms with Crippen molar-refractivity contribution in [2.45, 2.75) is 0 Å². The van der Waals surface area contributed by atoms with E-state index in [9.17, 15) is 9.70 Å². The van der Waals surface area contributed by atoms with Gasteiger partial charge in [-0.1, -0.05) is 30.4 Å². The van der Waals surface area contributed by atoms with Crippen LogP contribution >= 0.6 is 0 Å². The van der Waals surface area contributed by atoms with Crippen molar-refractivity contribution < 1.29 is 9.53 Å². The summed E-state index contributed by atoms with van der Waals surface area (Å²) < 4.78 is 4.68. The van der Waals surface area contributed by atoms with E-state index in [1.54, 1.807) is 36.4 Å². The highest BCUT2D eigenvalue weighted by Gasteiger charge is 2.04. The standard InChI is InChI=1S/C16H14N2O3/c1-21-16(19)13-4-2-3-11(9-13)5-6-12-7-8-14(18-20)10-15(12)17/h2-10H,17H2,1H3/b6-5+. The molecule has 0 aromatic heterocycles. The van der Waals surface area contributed by atoms with E-state index in [4.69, 9.17) is 5.73 Å². The van der Waals surface area contributed by atoms with E-state index in [0.29, 0.717) is 11.3 Å². The number of nitrogen functional groups attached to an aromatic ring is 1. The minimum absolute atomic E-state index is 0.289. The molecule has 5 nitrogen and oxygen atoms in total. The molecule has 0 bridgehead atoms. The second-order valence-electron chi connectivity index (χ2n) is 4.35. The van der Waals surface area contributed by atoms with Crippen molar-refractivity contribution in [1.29, 1.82) is 0 Å². The molecule has 2 rings (SSSR count). The Morgan fingerprint density at radius 3 is 2.67 bits per heavy atom. The van der Waals surface area contributed by atoms with Gasteiger partial charge in [0.1, 0.15) is 5.69 Å². The average Bonchev–Trinajstić information content (AvgIpc) is 2.53. The predicted molar refractivity (Wildman–Crippen MR) is 83.0 cm³/mol. The molecular weight excluding hydrogens is 268 g/mol. The Morgan fingerprint density at radius 2 is 2.00 bits per heavy atom. The normalized spacial score (nSPS) is 10.5. The molecule has 5 heteroatoms. The van der Waals surface area contributed by atoms with Crippen LogP contribution in [-0.4, -0.2) is 13.1 Å². The maximum atomic E-state index is 11.5. The summed E-state index contributed by atoms with van der Waals surface area (Å²) in [6.07, 6.45) is 3.63. The Hall–Kier alpha value is -2.95. The molecule has 0 radical (unpaired) electrons. The molecule has 2 aromatic rings. The van der Waals surface area contributed by atoms with Crippen LogP contribution in [0.4, 0.5) is 11.4 Å². The molecule has 0 unspecified atom stereocenters. The first-order chi connectivity index (χ1) is 10.1. The van der Waals surface area contributed by atoms with Crippen molar-refractivity contribution in [3.63, 3.8) is 0 Å². The van der Waals surface area contributed by atoms with E-state index in [1.807, 2.05) is 12.1 Å². The Balaban J connectivity index is 2.25. The summed E-state index contributed by atoms with van der Waals surface area (Å²) in [7, 11) is 1.34. The third-order valence-corrected chi connectivity index (χ3v) is 2.94. The quantitative estimate of drug-likeness (QED) is 0.402. The van der Waals surface area contributed by atoms with E-state index in [0.717, 1.165) is 11.1 Å². The van der Waals surface area contributed by atoms with Crippen molar-refractivity contribution in [2.75, 3.05) is 12.8 Å². The molecule has 21 heavy (non-hydrogen) atoms. The summed E-state index contributed by atoms with van der Waals surface area (Å²) in [5, 5.41) is 2.83. The second-order valence-corrected chi connectivity index (χ2v) is 4.35. The molecule has 0 heterocycles.